The fourth-order valence-electron chi connectivity index (χ4n) is 2.14. The van der Waals surface area contributed by atoms with Crippen LogP contribution >= 0.6 is 15.9 Å². The summed E-state index contributed by atoms with van der Waals surface area (Å²) in [6, 6.07) is 1.49. The Labute approximate surface area is 91.0 Å². The van der Waals surface area contributed by atoms with E-state index in [4.69, 9.17) is 0 Å². The fourth-order valence-corrected chi connectivity index (χ4v) is 3.10. The van der Waals surface area contributed by atoms with Crippen molar-refractivity contribution in [2.75, 3.05) is 7.05 Å². The number of alkyl halides is 1. The highest BCUT2D eigenvalue weighted by Gasteiger charge is 2.27. The summed E-state index contributed by atoms with van der Waals surface area (Å²) < 4.78 is 0. The van der Waals surface area contributed by atoms with Crippen molar-refractivity contribution >= 4 is 15.9 Å². The minimum Gasteiger partial charge on any atom is -0.300 e. The van der Waals surface area contributed by atoms with Crippen LogP contribution in [0.25, 0.3) is 0 Å². The maximum absolute atomic E-state index is 3.81. The van der Waals surface area contributed by atoms with Gasteiger partial charge in [-0.3, -0.25) is 4.90 Å². The number of rotatable bonds is 3. The van der Waals surface area contributed by atoms with Crippen LogP contribution in [0.3, 0.4) is 0 Å². The Hall–Kier alpha value is 0.440. The SMILES string of the molecule is CCC(C)N(C)C1CCCCC1Br. The zero-order valence-electron chi connectivity index (χ0n) is 9.09. The van der Waals surface area contributed by atoms with Crippen molar-refractivity contribution in [1.82, 2.24) is 4.90 Å². The second kappa shape index (κ2) is 5.35. The molecule has 13 heavy (non-hydrogen) atoms. The first-order chi connectivity index (χ1) is 6.16. The summed E-state index contributed by atoms with van der Waals surface area (Å²) in [5, 5.41) is 0. The van der Waals surface area contributed by atoms with Crippen LogP contribution in [0.15, 0.2) is 0 Å². The van der Waals surface area contributed by atoms with Crippen molar-refractivity contribution in [1.29, 1.82) is 0 Å². The van der Waals surface area contributed by atoms with E-state index in [2.05, 4.69) is 41.7 Å². The molecule has 78 valence electrons. The van der Waals surface area contributed by atoms with Gasteiger partial charge in [0.05, 0.1) is 0 Å². The van der Waals surface area contributed by atoms with E-state index in [0.717, 1.165) is 16.9 Å². The van der Waals surface area contributed by atoms with Gasteiger partial charge in [-0.1, -0.05) is 35.7 Å². The number of halogens is 1. The lowest BCUT2D eigenvalue weighted by Crippen LogP contribution is -2.44. The van der Waals surface area contributed by atoms with E-state index in [1.807, 2.05) is 0 Å². The Morgan fingerprint density at radius 1 is 1.38 bits per heavy atom. The van der Waals surface area contributed by atoms with E-state index in [1.165, 1.54) is 32.1 Å². The van der Waals surface area contributed by atoms with Gasteiger partial charge in [-0.25, -0.2) is 0 Å². The summed E-state index contributed by atoms with van der Waals surface area (Å²) in [5.41, 5.74) is 0. The maximum Gasteiger partial charge on any atom is 0.0301 e. The van der Waals surface area contributed by atoms with Crippen LogP contribution in [0, 0.1) is 0 Å². The lowest BCUT2D eigenvalue weighted by Gasteiger charge is -2.38. The highest BCUT2D eigenvalue weighted by Crippen LogP contribution is 2.29. The Balaban J connectivity index is 2.47. The zero-order chi connectivity index (χ0) is 9.84. The second-order valence-electron chi connectivity index (χ2n) is 4.29. The molecule has 0 bridgehead atoms. The molecule has 0 aliphatic heterocycles. The number of hydrogen-bond acceptors (Lipinski definition) is 1. The first-order valence-corrected chi connectivity index (χ1v) is 6.44. The van der Waals surface area contributed by atoms with Crippen LogP contribution < -0.4 is 0 Å². The summed E-state index contributed by atoms with van der Waals surface area (Å²) in [6.07, 6.45) is 6.79. The largest absolute Gasteiger partial charge is 0.300 e. The average Bonchev–Trinajstić information content (AvgIpc) is 2.16. The highest BCUT2D eigenvalue weighted by atomic mass is 79.9. The fraction of sp³-hybridized carbons (Fsp3) is 1.00. The standard InChI is InChI=1S/C11H22BrN/c1-4-9(2)13(3)11-8-6-5-7-10(11)12/h9-11H,4-8H2,1-3H3. The molecule has 0 saturated heterocycles. The summed E-state index contributed by atoms with van der Waals surface area (Å²) in [7, 11) is 2.28. The third kappa shape index (κ3) is 2.95. The van der Waals surface area contributed by atoms with Crippen molar-refractivity contribution < 1.29 is 0 Å². The lowest BCUT2D eigenvalue weighted by molar-refractivity contribution is 0.150. The monoisotopic (exact) mass is 247 g/mol. The topological polar surface area (TPSA) is 3.24 Å². The van der Waals surface area contributed by atoms with Crippen LogP contribution in [-0.4, -0.2) is 28.9 Å². The van der Waals surface area contributed by atoms with Gasteiger partial charge in [0.25, 0.3) is 0 Å². The van der Waals surface area contributed by atoms with Gasteiger partial charge in [0.2, 0.25) is 0 Å². The molecule has 1 saturated carbocycles. The molecule has 2 heteroatoms. The molecular weight excluding hydrogens is 226 g/mol. The predicted octanol–water partition coefficient (Wildman–Crippen LogP) is 3.42. The molecule has 1 nitrogen and oxygen atoms in total. The molecule has 0 aromatic rings. The molecule has 3 unspecified atom stereocenters. The van der Waals surface area contributed by atoms with Gasteiger partial charge in [0.1, 0.15) is 0 Å². The molecule has 0 radical (unpaired) electrons. The highest BCUT2D eigenvalue weighted by molar-refractivity contribution is 9.09. The van der Waals surface area contributed by atoms with Crippen molar-refractivity contribution in [3.8, 4) is 0 Å². The first-order valence-electron chi connectivity index (χ1n) is 5.52. The van der Waals surface area contributed by atoms with Crippen molar-refractivity contribution in [2.45, 2.75) is 62.9 Å². The quantitative estimate of drug-likeness (QED) is 0.692. The normalized spacial score (nSPS) is 32.1. The third-order valence-corrected chi connectivity index (χ3v) is 4.52. The molecule has 1 aliphatic rings. The molecule has 1 aliphatic carbocycles. The van der Waals surface area contributed by atoms with Crippen molar-refractivity contribution in [3.63, 3.8) is 0 Å². The lowest BCUT2D eigenvalue weighted by atomic mass is 9.93. The smallest absolute Gasteiger partial charge is 0.0301 e. The minimum atomic E-state index is 0.722. The van der Waals surface area contributed by atoms with Crippen molar-refractivity contribution in [3.05, 3.63) is 0 Å². The molecule has 0 aromatic carbocycles. The summed E-state index contributed by atoms with van der Waals surface area (Å²) in [4.78, 5) is 3.28. The predicted molar refractivity (Wildman–Crippen MR) is 62.5 cm³/mol. The van der Waals surface area contributed by atoms with Gasteiger partial charge < -0.3 is 0 Å². The molecular formula is C11H22BrN. The van der Waals surface area contributed by atoms with Gasteiger partial charge >= 0.3 is 0 Å². The van der Waals surface area contributed by atoms with Crippen LogP contribution in [0.2, 0.25) is 0 Å². The van der Waals surface area contributed by atoms with Crippen LogP contribution in [0.5, 0.6) is 0 Å². The van der Waals surface area contributed by atoms with Crippen LogP contribution in [0.4, 0.5) is 0 Å². The van der Waals surface area contributed by atoms with E-state index in [1.54, 1.807) is 0 Å². The summed E-state index contributed by atoms with van der Waals surface area (Å²) in [5.74, 6) is 0. The third-order valence-electron chi connectivity index (χ3n) is 3.46. The summed E-state index contributed by atoms with van der Waals surface area (Å²) >= 11 is 3.81. The number of hydrogen-bond donors (Lipinski definition) is 0. The van der Waals surface area contributed by atoms with E-state index >= 15 is 0 Å². The second-order valence-corrected chi connectivity index (χ2v) is 5.47. The van der Waals surface area contributed by atoms with E-state index in [0.29, 0.717) is 0 Å². The first kappa shape index (κ1) is 11.5. The summed E-state index contributed by atoms with van der Waals surface area (Å²) in [6.45, 7) is 4.60. The Kier molecular flexibility index (Phi) is 4.74. The van der Waals surface area contributed by atoms with Crippen LogP contribution in [0.1, 0.15) is 46.0 Å². The minimum absolute atomic E-state index is 0.722. The van der Waals surface area contributed by atoms with Gasteiger partial charge in [0.15, 0.2) is 0 Å². The van der Waals surface area contributed by atoms with Gasteiger partial charge in [-0.05, 0) is 33.2 Å². The van der Waals surface area contributed by atoms with Crippen molar-refractivity contribution in [2.24, 2.45) is 0 Å². The Morgan fingerprint density at radius 3 is 2.54 bits per heavy atom. The maximum atomic E-state index is 3.81. The average molecular weight is 248 g/mol. The Bertz CT molecular complexity index is 149. The van der Waals surface area contributed by atoms with E-state index < -0.39 is 0 Å². The molecule has 1 rings (SSSR count). The van der Waals surface area contributed by atoms with Gasteiger partial charge in [-0.15, -0.1) is 0 Å². The molecule has 0 amide bonds. The molecule has 0 aromatic heterocycles. The Morgan fingerprint density at radius 2 is 2.00 bits per heavy atom. The van der Waals surface area contributed by atoms with Gasteiger partial charge in [-0.2, -0.15) is 0 Å². The molecule has 3 atom stereocenters. The molecule has 1 fully saturated rings. The van der Waals surface area contributed by atoms with E-state index in [-0.39, 0.29) is 0 Å². The zero-order valence-corrected chi connectivity index (χ0v) is 10.7. The van der Waals surface area contributed by atoms with Gasteiger partial charge in [0, 0.05) is 16.9 Å². The van der Waals surface area contributed by atoms with Crippen LogP contribution in [-0.2, 0) is 0 Å². The molecule has 0 spiro atoms. The molecule has 0 heterocycles. The molecule has 0 N–H and O–H groups in total. The van der Waals surface area contributed by atoms with E-state index in [9.17, 15) is 0 Å². The number of nitrogens with zero attached hydrogens (tertiary/aromatic N) is 1.